The van der Waals surface area contributed by atoms with E-state index in [0.717, 1.165) is 32.6 Å². The summed E-state index contributed by atoms with van der Waals surface area (Å²) in [5, 5.41) is 3.26. The lowest BCUT2D eigenvalue weighted by atomic mass is 10.1. The average molecular weight is 228 g/mol. The van der Waals surface area contributed by atoms with Crippen molar-refractivity contribution in [2.45, 2.75) is 47.1 Å². The van der Waals surface area contributed by atoms with Crippen molar-refractivity contribution >= 4 is 5.78 Å². The average Bonchev–Trinajstić information content (AvgIpc) is 2.71. The van der Waals surface area contributed by atoms with Gasteiger partial charge in [0.25, 0.3) is 0 Å². The van der Waals surface area contributed by atoms with Gasteiger partial charge in [-0.25, -0.2) is 0 Å². The first-order valence-electron chi connectivity index (χ1n) is 6.72. The van der Waals surface area contributed by atoms with Gasteiger partial charge in [-0.15, -0.1) is 0 Å². The summed E-state index contributed by atoms with van der Waals surface area (Å²) in [4.78, 5) is 13.5. The summed E-state index contributed by atoms with van der Waals surface area (Å²) in [6.07, 6.45) is 1.08. The van der Waals surface area contributed by atoms with Crippen LogP contribution in [0.25, 0.3) is 0 Å². The number of hydrogen-bond donors (Lipinski definition) is 1. The molecule has 16 heavy (non-hydrogen) atoms. The van der Waals surface area contributed by atoms with Gasteiger partial charge in [0.05, 0.1) is 0 Å². The highest BCUT2D eigenvalue weighted by molar-refractivity contribution is 5.78. The molecule has 2 rings (SSSR count). The monoisotopic (exact) mass is 228 g/mol. The molecule has 3 nitrogen and oxygen atoms in total. The number of hydrogen-bond acceptors (Lipinski definition) is 3. The fourth-order valence-corrected chi connectivity index (χ4v) is 1.98. The summed E-state index contributed by atoms with van der Waals surface area (Å²) < 4.78 is 0. The van der Waals surface area contributed by atoms with Gasteiger partial charge in [0, 0.05) is 31.6 Å². The zero-order valence-corrected chi connectivity index (χ0v) is 11.5. The molecule has 0 saturated carbocycles. The third kappa shape index (κ3) is 4.22. The van der Waals surface area contributed by atoms with Gasteiger partial charge in [-0.2, -0.15) is 0 Å². The van der Waals surface area contributed by atoms with Crippen LogP contribution in [0.2, 0.25) is 0 Å². The van der Waals surface area contributed by atoms with Crippen LogP contribution in [0.15, 0.2) is 0 Å². The van der Waals surface area contributed by atoms with Crippen LogP contribution < -0.4 is 5.32 Å². The number of nitrogens with one attached hydrogen (secondary N) is 1. The van der Waals surface area contributed by atoms with Gasteiger partial charge in [-0.3, -0.25) is 9.69 Å². The van der Waals surface area contributed by atoms with E-state index in [-0.39, 0.29) is 0 Å². The molecular weight excluding hydrogens is 200 g/mol. The lowest BCUT2D eigenvalue weighted by molar-refractivity contribution is -0.120. The molecule has 0 aromatic carbocycles. The molecule has 2 fully saturated rings. The molecule has 1 atom stereocenters. The fraction of sp³-hybridized carbons (Fsp3) is 0.923. The highest BCUT2D eigenvalue weighted by Crippen LogP contribution is 2.20. The summed E-state index contributed by atoms with van der Waals surface area (Å²) in [6, 6.07) is 0.717. The molecule has 0 amide bonds. The minimum absolute atomic E-state index is 0.325. The quantitative estimate of drug-likeness (QED) is 0.784. The number of nitrogens with zero attached hydrogens (tertiary/aromatic N) is 1. The van der Waals surface area contributed by atoms with Gasteiger partial charge in [0.15, 0.2) is 0 Å². The molecule has 2 aliphatic rings. The standard InChI is InChI=1S/C9H16N2O.2C2H6/c1-7(12)8-2-3-11(6-8)9-4-10-5-9;2*1-2/h8-10H,2-6H2,1H3;2*1-2H3. The number of ketones is 1. The Hall–Kier alpha value is -0.410. The summed E-state index contributed by atoms with van der Waals surface area (Å²) >= 11 is 0. The van der Waals surface area contributed by atoms with Crippen molar-refractivity contribution in [3.8, 4) is 0 Å². The molecule has 2 heterocycles. The summed E-state index contributed by atoms with van der Waals surface area (Å²) in [7, 11) is 0. The van der Waals surface area contributed by atoms with Gasteiger partial charge in [0.1, 0.15) is 5.78 Å². The molecule has 0 bridgehead atoms. The molecular formula is C13H28N2O. The Kier molecular flexibility index (Phi) is 8.49. The zero-order chi connectivity index (χ0) is 12.6. The van der Waals surface area contributed by atoms with Crippen molar-refractivity contribution in [1.82, 2.24) is 10.2 Å². The Morgan fingerprint density at radius 3 is 2.06 bits per heavy atom. The SMILES string of the molecule is CC.CC.CC(=O)C1CCN(C2CNC2)C1. The van der Waals surface area contributed by atoms with Crippen LogP contribution in [0.5, 0.6) is 0 Å². The van der Waals surface area contributed by atoms with Crippen LogP contribution >= 0.6 is 0 Å². The van der Waals surface area contributed by atoms with E-state index in [1.54, 1.807) is 6.92 Å². The molecule has 2 aliphatic heterocycles. The van der Waals surface area contributed by atoms with E-state index >= 15 is 0 Å². The van der Waals surface area contributed by atoms with Gasteiger partial charge < -0.3 is 5.32 Å². The number of carbonyl (C=O) groups is 1. The molecule has 0 radical (unpaired) electrons. The van der Waals surface area contributed by atoms with Crippen molar-refractivity contribution in [2.24, 2.45) is 5.92 Å². The van der Waals surface area contributed by atoms with E-state index < -0.39 is 0 Å². The first-order valence-corrected chi connectivity index (χ1v) is 6.72. The molecule has 1 unspecified atom stereocenters. The summed E-state index contributed by atoms with van der Waals surface area (Å²) in [5.41, 5.74) is 0. The van der Waals surface area contributed by atoms with Gasteiger partial charge >= 0.3 is 0 Å². The number of Topliss-reactive ketones (excluding diaryl/α,β-unsaturated/α-hetero) is 1. The van der Waals surface area contributed by atoms with Crippen LogP contribution in [0.1, 0.15) is 41.0 Å². The second-order valence-electron chi connectivity index (χ2n) is 3.90. The molecule has 0 spiro atoms. The van der Waals surface area contributed by atoms with Crippen molar-refractivity contribution in [3.63, 3.8) is 0 Å². The number of rotatable bonds is 2. The van der Waals surface area contributed by atoms with E-state index in [2.05, 4.69) is 10.2 Å². The second-order valence-corrected chi connectivity index (χ2v) is 3.90. The maximum Gasteiger partial charge on any atom is 0.134 e. The smallest absolute Gasteiger partial charge is 0.134 e. The molecule has 0 aromatic rings. The van der Waals surface area contributed by atoms with Crippen molar-refractivity contribution in [3.05, 3.63) is 0 Å². The van der Waals surface area contributed by atoms with Gasteiger partial charge in [-0.05, 0) is 19.9 Å². The summed E-state index contributed by atoms with van der Waals surface area (Å²) in [5.74, 6) is 0.690. The third-order valence-corrected chi connectivity index (χ3v) is 3.07. The molecule has 1 N–H and O–H groups in total. The lowest BCUT2D eigenvalue weighted by Gasteiger charge is -2.35. The van der Waals surface area contributed by atoms with Crippen LogP contribution in [-0.4, -0.2) is 42.9 Å². The minimum Gasteiger partial charge on any atom is -0.314 e. The largest absolute Gasteiger partial charge is 0.314 e. The van der Waals surface area contributed by atoms with Crippen LogP contribution in [0, 0.1) is 5.92 Å². The number of carbonyl (C=O) groups excluding carboxylic acids is 1. The highest BCUT2D eigenvalue weighted by Gasteiger charge is 2.32. The van der Waals surface area contributed by atoms with E-state index in [0.29, 0.717) is 17.7 Å². The zero-order valence-electron chi connectivity index (χ0n) is 11.5. The van der Waals surface area contributed by atoms with Gasteiger partial charge in [-0.1, -0.05) is 27.7 Å². The Morgan fingerprint density at radius 2 is 1.75 bits per heavy atom. The third-order valence-electron chi connectivity index (χ3n) is 3.07. The van der Waals surface area contributed by atoms with Crippen LogP contribution in [-0.2, 0) is 4.79 Å². The van der Waals surface area contributed by atoms with E-state index in [9.17, 15) is 4.79 Å². The first-order chi connectivity index (χ1) is 7.77. The van der Waals surface area contributed by atoms with Crippen molar-refractivity contribution in [1.29, 1.82) is 0 Å². The van der Waals surface area contributed by atoms with Crippen LogP contribution in [0.4, 0.5) is 0 Å². The van der Waals surface area contributed by atoms with Crippen molar-refractivity contribution in [2.75, 3.05) is 26.2 Å². The maximum absolute atomic E-state index is 11.1. The molecule has 0 aliphatic carbocycles. The molecule has 2 saturated heterocycles. The highest BCUT2D eigenvalue weighted by atomic mass is 16.1. The van der Waals surface area contributed by atoms with E-state index in [1.165, 1.54) is 0 Å². The normalized spacial score (nSPS) is 24.7. The van der Waals surface area contributed by atoms with Crippen LogP contribution in [0.3, 0.4) is 0 Å². The van der Waals surface area contributed by atoms with E-state index in [1.807, 2.05) is 27.7 Å². The minimum atomic E-state index is 0.325. The predicted octanol–water partition coefficient (Wildman–Crippen LogP) is 1.92. The molecule has 3 heteroatoms. The fourth-order valence-electron chi connectivity index (χ4n) is 1.98. The van der Waals surface area contributed by atoms with E-state index in [4.69, 9.17) is 0 Å². The lowest BCUT2D eigenvalue weighted by Crippen LogP contribution is -2.56. The Bertz CT molecular complexity index is 190. The Balaban J connectivity index is 0.000000509. The van der Waals surface area contributed by atoms with Gasteiger partial charge in [0.2, 0.25) is 0 Å². The number of likely N-dealkylation sites (tertiary alicyclic amines) is 1. The maximum atomic E-state index is 11.1. The predicted molar refractivity (Wildman–Crippen MR) is 69.7 cm³/mol. The topological polar surface area (TPSA) is 32.3 Å². The Morgan fingerprint density at radius 1 is 1.19 bits per heavy atom. The molecule has 0 aromatic heterocycles. The van der Waals surface area contributed by atoms with Crippen molar-refractivity contribution < 1.29 is 4.79 Å². The Labute approximate surface area is 101 Å². The summed E-state index contributed by atoms with van der Waals surface area (Å²) in [6.45, 7) is 14.1. The second kappa shape index (κ2) is 8.71. The molecule has 96 valence electrons. The first kappa shape index (κ1) is 15.6.